The molecular weight excluding hydrogens is 252 g/mol. The van der Waals surface area contributed by atoms with Gasteiger partial charge in [0.15, 0.2) is 11.6 Å². The Morgan fingerprint density at radius 3 is 1.74 bits per heavy atom. The summed E-state index contributed by atoms with van der Waals surface area (Å²) < 4.78 is 28.8. The molecule has 0 unspecified atom stereocenters. The minimum atomic E-state index is -0.796. The number of aliphatic hydroxyl groups excluding tert-OH is 1. The van der Waals surface area contributed by atoms with E-state index in [1.165, 1.54) is 0 Å². The molecule has 1 N–H and O–H groups in total. The smallest absolute Gasteiger partial charge is 0.164 e. The van der Waals surface area contributed by atoms with Crippen LogP contribution in [0.3, 0.4) is 0 Å². The van der Waals surface area contributed by atoms with Crippen molar-refractivity contribution >= 4 is 0 Å². The van der Waals surface area contributed by atoms with E-state index in [0.29, 0.717) is 0 Å². The summed E-state index contributed by atoms with van der Waals surface area (Å²) in [6, 6.07) is 0. The fourth-order valence-electron chi connectivity index (χ4n) is 3.32. The Hall–Kier alpha value is -0.240. The third kappa shape index (κ3) is 2.11. The molecule has 0 spiro atoms. The van der Waals surface area contributed by atoms with Crippen molar-refractivity contribution in [3.8, 4) is 0 Å². The van der Waals surface area contributed by atoms with Crippen LogP contribution in [0.1, 0.15) is 27.7 Å². The van der Waals surface area contributed by atoms with Crippen LogP contribution in [-0.2, 0) is 23.7 Å². The first-order valence-electron chi connectivity index (χ1n) is 6.66. The van der Waals surface area contributed by atoms with Crippen LogP contribution in [0, 0.1) is 0 Å². The maximum Gasteiger partial charge on any atom is 0.164 e. The summed E-state index contributed by atoms with van der Waals surface area (Å²) in [6.45, 7) is 7.35. The molecule has 0 aromatic carbocycles. The second-order valence-corrected chi connectivity index (χ2v) is 6.32. The Labute approximate surface area is 112 Å². The fraction of sp³-hybridized carbons (Fsp3) is 1.00. The number of ether oxygens (including phenoxy) is 5. The van der Waals surface area contributed by atoms with Crippen LogP contribution in [0.15, 0.2) is 0 Å². The molecule has 3 rings (SSSR count). The van der Waals surface area contributed by atoms with Gasteiger partial charge in [0.2, 0.25) is 0 Å². The molecule has 2 aliphatic heterocycles. The van der Waals surface area contributed by atoms with Gasteiger partial charge in [-0.15, -0.1) is 0 Å². The number of methoxy groups -OCH3 is 1. The van der Waals surface area contributed by atoms with Crippen molar-refractivity contribution < 1.29 is 28.8 Å². The van der Waals surface area contributed by atoms with Crippen molar-refractivity contribution in [1.82, 2.24) is 0 Å². The Morgan fingerprint density at radius 1 is 0.789 bits per heavy atom. The van der Waals surface area contributed by atoms with Crippen molar-refractivity contribution in [1.29, 1.82) is 0 Å². The molecule has 110 valence electrons. The molecule has 3 aliphatic rings. The largest absolute Gasteiger partial charge is 0.387 e. The number of hydrogen-bond acceptors (Lipinski definition) is 6. The highest BCUT2D eigenvalue weighted by Crippen LogP contribution is 2.45. The molecule has 3 fully saturated rings. The van der Waals surface area contributed by atoms with E-state index in [1.807, 2.05) is 27.7 Å². The summed E-state index contributed by atoms with van der Waals surface area (Å²) in [6.07, 6.45) is -2.73. The highest BCUT2D eigenvalue weighted by atomic mass is 16.8. The van der Waals surface area contributed by atoms with E-state index in [4.69, 9.17) is 23.7 Å². The van der Waals surface area contributed by atoms with Gasteiger partial charge in [-0.2, -0.15) is 0 Å². The van der Waals surface area contributed by atoms with E-state index in [2.05, 4.69) is 0 Å². The molecule has 0 radical (unpaired) electrons. The minimum Gasteiger partial charge on any atom is -0.387 e. The standard InChI is InChI=1S/C13H22O6/c1-12(2)16-8-6(14)7(15-5)9-11(10(8)18-12)19-13(3,4)17-9/h6-11,14H,1-5H3/t6-,7+,8+,9-,10+,11+/m0/s1. The van der Waals surface area contributed by atoms with Crippen molar-refractivity contribution in [3.63, 3.8) is 0 Å². The first-order chi connectivity index (χ1) is 8.74. The van der Waals surface area contributed by atoms with E-state index < -0.39 is 29.9 Å². The lowest BCUT2D eigenvalue weighted by atomic mass is 9.85. The topological polar surface area (TPSA) is 66.4 Å². The highest BCUT2D eigenvalue weighted by Gasteiger charge is 2.63. The van der Waals surface area contributed by atoms with Crippen molar-refractivity contribution in [2.45, 2.75) is 75.9 Å². The summed E-state index contributed by atoms with van der Waals surface area (Å²) in [5.41, 5.74) is 0. The first kappa shape index (κ1) is 13.7. The molecule has 0 aromatic heterocycles. The van der Waals surface area contributed by atoms with E-state index in [9.17, 15) is 5.11 Å². The van der Waals surface area contributed by atoms with E-state index in [0.717, 1.165) is 0 Å². The summed E-state index contributed by atoms with van der Waals surface area (Å²) in [4.78, 5) is 0. The van der Waals surface area contributed by atoms with Gasteiger partial charge in [-0.25, -0.2) is 0 Å². The Kier molecular flexibility index (Phi) is 2.98. The lowest BCUT2D eigenvalue weighted by molar-refractivity contribution is -0.188. The van der Waals surface area contributed by atoms with Crippen molar-refractivity contribution in [2.24, 2.45) is 0 Å². The van der Waals surface area contributed by atoms with Gasteiger partial charge < -0.3 is 28.8 Å². The van der Waals surface area contributed by atoms with Gasteiger partial charge >= 0.3 is 0 Å². The molecule has 1 saturated carbocycles. The summed E-state index contributed by atoms with van der Waals surface area (Å²) in [5, 5.41) is 10.4. The highest BCUT2D eigenvalue weighted by molar-refractivity contribution is 5.08. The average molecular weight is 274 g/mol. The third-order valence-electron chi connectivity index (χ3n) is 3.92. The zero-order chi connectivity index (χ0) is 14.0. The summed E-state index contributed by atoms with van der Waals surface area (Å²) in [5.74, 6) is -1.45. The van der Waals surface area contributed by atoms with Crippen molar-refractivity contribution in [2.75, 3.05) is 7.11 Å². The van der Waals surface area contributed by atoms with Gasteiger partial charge in [-0.3, -0.25) is 0 Å². The van der Waals surface area contributed by atoms with Gasteiger partial charge in [0.05, 0.1) is 0 Å². The predicted molar refractivity (Wildman–Crippen MR) is 64.5 cm³/mol. The Morgan fingerprint density at radius 2 is 1.21 bits per heavy atom. The molecule has 1 aliphatic carbocycles. The molecule has 0 aromatic rings. The second kappa shape index (κ2) is 4.13. The normalized spacial score (nSPS) is 50.8. The maximum absolute atomic E-state index is 10.4. The monoisotopic (exact) mass is 274 g/mol. The van der Waals surface area contributed by atoms with E-state index >= 15 is 0 Å². The second-order valence-electron chi connectivity index (χ2n) is 6.32. The summed E-state index contributed by atoms with van der Waals surface area (Å²) >= 11 is 0. The SMILES string of the molecule is CO[C@@H]1[C@H](O)[C@H]2OC(C)(C)O[C@H]2[C@@H]2OC(C)(C)O[C@H]21. The molecule has 19 heavy (non-hydrogen) atoms. The van der Waals surface area contributed by atoms with Crippen LogP contribution in [0.5, 0.6) is 0 Å². The van der Waals surface area contributed by atoms with Crippen LogP contribution in [0.2, 0.25) is 0 Å². The molecule has 2 heterocycles. The van der Waals surface area contributed by atoms with Gasteiger partial charge in [0.25, 0.3) is 0 Å². The van der Waals surface area contributed by atoms with Gasteiger partial charge in [-0.05, 0) is 27.7 Å². The maximum atomic E-state index is 10.4. The average Bonchev–Trinajstić information content (AvgIpc) is 2.75. The molecular formula is C13H22O6. The zero-order valence-corrected chi connectivity index (χ0v) is 12.0. The lowest BCUT2D eigenvalue weighted by Gasteiger charge is -2.39. The van der Waals surface area contributed by atoms with E-state index in [1.54, 1.807) is 7.11 Å². The van der Waals surface area contributed by atoms with Crippen LogP contribution in [0.4, 0.5) is 0 Å². The number of rotatable bonds is 1. The van der Waals surface area contributed by atoms with Crippen LogP contribution < -0.4 is 0 Å². The van der Waals surface area contributed by atoms with Crippen LogP contribution >= 0.6 is 0 Å². The minimum absolute atomic E-state index is 0.296. The fourth-order valence-corrected chi connectivity index (χ4v) is 3.32. The molecule has 6 heteroatoms. The molecule has 0 amide bonds. The van der Waals surface area contributed by atoms with Crippen molar-refractivity contribution in [3.05, 3.63) is 0 Å². The Bertz CT molecular complexity index is 368. The lowest BCUT2D eigenvalue weighted by Crippen LogP contribution is -2.62. The van der Waals surface area contributed by atoms with Crippen LogP contribution in [-0.4, -0.2) is 60.4 Å². The van der Waals surface area contributed by atoms with Gasteiger partial charge in [-0.1, -0.05) is 0 Å². The first-order valence-corrected chi connectivity index (χ1v) is 6.66. The quantitative estimate of drug-likeness (QED) is 0.747. The molecule has 0 bridgehead atoms. The van der Waals surface area contributed by atoms with Gasteiger partial charge in [0.1, 0.15) is 36.6 Å². The number of aliphatic hydroxyl groups is 1. The third-order valence-corrected chi connectivity index (χ3v) is 3.92. The number of hydrogen-bond donors (Lipinski definition) is 1. The predicted octanol–water partition coefficient (Wildman–Crippen LogP) is 0.416. The van der Waals surface area contributed by atoms with Gasteiger partial charge in [0, 0.05) is 7.11 Å². The van der Waals surface area contributed by atoms with Crippen LogP contribution in [0.25, 0.3) is 0 Å². The molecule has 2 saturated heterocycles. The number of fused-ring (bicyclic) bond motifs is 3. The summed E-state index contributed by atoms with van der Waals surface area (Å²) in [7, 11) is 1.56. The molecule has 6 nitrogen and oxygen atoms in total. The molecule has 6 atom stereocenters. The zero-order valence-electron chi connectivity index (χ0n) is 12.0. The van der Waals surface area contributed by atoms with E-state index in [-0.39, 0.29) is 18.3 Å². The Balaban J connectivity index is 1.93.